The van der Waals surface area contributed by atoms with Crippen molar-refractivity contribution in [3.8, 4) is 28.5 Å². The Morgan fingerprint density at radius 3 is 2.49 bits per heavy atom. The molecule has 4 heterocycles. The third kappa shape index (κ3) is 6.04. The van der Waals surface area contributed by atoms with Gasteiger partial charge in [0.25, 0.3) is 5.91 Å². The van der Waals surface area contributed by atoms with Gasteiger partial charge in [0, 0.05) is 50.5 Å². The number of hydrogen-bond donors (Lipinski definition) is 0. The molecule has 11 nitrogen and oxygen atoms in total. The average Bonchev–Trinajstić information content (AvgIpc) is 3.72. The summed E-state index contributed by atoms with van der Waals surface area (Å²) in [5, 5.41) is 8.84. The first kappa shape index (κ1) is 26.8. The van der Waals surface area contributed by atoms with Crippen molar-refractivity contribution < 1.29 is 28.5 Å². The first-order valence-corrected chi connectivity index (χ1v) is 13.9. The Balaban J connectivity index is 1.07. The van der Waals surface area contributed by atoms with E-state index < -0.39 is 0 Å². The van der Waals surface area contributed by atoms with Gasteiger partial charge in [-0.15, -0.1) is 10.2 Å². The fourth-order valence-electron chi connectivity index (χ4n) is 5.32. The monoisotopic (exact) mass is 559 g/mol. The second kappa shape index (κ2) is 12.0. The molecule has 2 fully saturated rings. The van der Waals surface area contributed by atoms with Crippen LogP contribution in [0.5, 0.6) is 17.2 Å². The molecule has 3 aliphatic heterocycles. The summed E-state index contributed by atoms with van der Waals surface area (Å²) < 4.78 is 21.8. The zero-order valence-electron chi connectivity index (χ0n) is 23.0. The predicted molar refractivity (Wildman–Crippen MR) is 150 cm³/mol. The molecule has 2 aromatic carbocycles. The second-order valence-corrected chi connectivity index (χ2v) is 10.3. The lowest BCUT2D eigenvalue weighted by Gasteiger charge is -2.36. The van der Waals surface area contributed by atoms with E-state index in [-0.39, 0.29) is 31.3 Å². The number of amides is 2. The number of ether oxygens (including phenoxy) is 4. The number of fused-ring (bicyclic) bond motifs is 1. The van der Waals surface area contributed by atoms with E-state index in [1.54, 1.807) is 30.2 Å². The molecule has 0 radical (unpaired) electrons. The lowest BCUT2D eigenvalue weighted by Crippen LogP contribution is -2.52. The van der Waals surface area contributed by atoms with E-state index in [2.05, 4.69) is 15.1 Å². The maximum absolute atomic E-state index is 13.5. The highest BCUT2D eigenvalue weighted by molar-refractivity contribution is 5.97. The van der Waals surface area contributed by atoms with Crippen LogP contribution >= 0.6 is 0 Å². The number of aromatic nitrogens is 2. The first-order valence-electron chi connectivity index (χ1n) is 13.9. The van der Waals surface area contributed by atoms with Crippen molar-refractivity contribution in [1.29, 1.82) is 0 Å². The van der Waals surface area contributed by atoms with E-state index in [1.807, 2.05) is 41.3 Å². The summed E-state index contributed by atoms with van der Waals surface area (Å²) in [5.41, 5.74) is 2.20. The quantitative estimate of drug-likeness (QED) is 0.412. The molecule has 0 aliphatic carbocycles. The van der Waals surface area contributed by atoms with Crippen LogP contribution in [0.1, 0.15) is 23.2 Å². The summed E-state index contributed by atoms with van der Waals surface area (Å²) in [5.74, 6) is 2.40. The molecule has 3 aliphatic rings. The van der Waals surface area contributed by atoms with Crippen molar-refractivity contribution in [2.75, 3.05) is 64.7 Å². The molecule has 214 valence electrons. The number of piperazine rings is 1. The van der Waals surface area contributed by atoms with Gasteiger partial charge in [0.15, 0.2) is 17.3 Å². The van der Waals surface area contributed by atoms with E-state index in [0.29, 0.717) is 56.4 Å². The number of anilines is 1. The van der Waals surface area contributed by atoms with E-state index in [1.165, 1.54) is 0 Å². The molecule has 2 amide bonds. The van der Waals surface area contributed by atoms with Gasteiger partial charge in [-0.1, -0.05) is 0 Å². The van der Waals surface area contributed by atoms with Crippen LogP contribution in [0.15, 0.2) is 54.6 Å². The van der Waals surface area contributed by atoms with Crippen LogP contribution in [0.25, 0.3) is 11.3 Å². The number of carbonyl (C=O) groups is 2. The topological polar surface area (TPSA) is 107 Å². The van der Waals surface area contributed by atoms with Gasteiger partial charge in [0.1, 0.15) is 12.3 Å². The summed E-state index contributed by atoms with van der Waals surface area (Å²) in [4.78, 5) is 32.4. The number of nitrogens with zero attached hydrogens (tertiary/aromatic N) is 5. The van der Waals surface area contributed by atoms with Crippen molar-refractivity contribution in [3.63, 3.8) is 0 Å². The summed E-state index contributed by atoms with van der Waals surface area (Å²) in [7, 11) is 1.64. The summed E-state index contributed by atoms with van der Waals surface area (Å²) in [6, 6.07) is 16.7. The summed E-state index contributed by atoms with van der Waals surface area (Å²) >= 11 is 0. The Bertz CT molecular complexity index is 1370. The summed E-state index contributed by atoms with van der Waals surface area (Å²) in [6.07, 6.45) is 1.75. The smallest absolute Gasteiger partial charge is 0.254 e. The van der Waals surface area contributed by atoms with Gasteiger partial charge in [0.05, 0.1) is 18.9 Å². The molecule has 41 heavy (non-hydrogen) atoms. The van der Waals surface area contributed by atoms with Crippen LogP contribution in [0.4, 0.5) is 5.82 Å². The Kier molecular flexibility index (Phi) is 7.86. The Morgan fingerprint density at radius 1 is 0.976 bits per heavy atom. The lowest BCUT2D eigenvalue weighted by molar-refractivity contribution is -0.132. The molecule has 0 saturated carbocycles. The number of hydrogen-bond acceptors (Lipinski definition) is 9. The fourth-order valence-corrected chi connectivity index (χ4v) is 5.32. The third-order valence-corrected chi connectivity index (χ3v) is 7.67. The largest absolute Gasteiger partial charge is 0.497 e. The average molecular weight is 560 g/mol. The zero-order valence-corrected chi connectivity index (χ0v) is 23.0. The number of rotatable bonds is 8. The predicted octanol–water partition coefficient (Wildman–Crippen LogP) is 2.85. The van der Waals surface area contributed by atoms with Crippen molar-refractivity contribution in [1.82, 2.24) is 20.0 Å². The minimum Gasteiger partial charge on any atom is -0.497 e. The molecule has 0 bridgehead atoms. The summed E-state index contributed by atoms with van der Waals surface area (Å²) in [6.45, 7) is 3.50. The highest BCUT2D eigenvalue weighted by Crippen LogP contribution is 2.33. The molecule has 1 atom stereocenters. The van der Waals surface area contributed by atoms with Crippen LogP contribution in [-0.4, -0.2) is 97.7 Å². The van der Waals surface area contributed by atoms with Crippen LogP contribution in [0.3, 0.4) is 0 Å². The molecule has 2 saturated heterocycles. The third-order valence-electron chi connectivity index (χ3n) is 7.67. The fraction of sp³-hybridized carbons (Fsp3) is 0.400. The SMILES string of the molecule is COc1ccc(-c2ccc(N3CCN(C(=O)CN(C[C@H]4CCCO4)C(=O)c4ccc5c(c4)OCO5)CC3)nn2)cc1. The van der Waals surface area contributed by atoms with Gasteiger partial charge >= 0.3 is 0 Å². The normalized spacial score (nSPS) is 17.9. The molecular formula is C30H33N5O6. The Hall–Kier alpha value is -4.38. The van der Waals surface area contributed by atoms with Gasteiger partial charge in [-0.25, -0.2) is 0 Å². The van der Waals surface area contributed by atoms with Gasteiger partial charge in [-0.3, -0.25) is 9.59 Å². The Morgan fingerprint density at radius 2 is 1.78 bits per heavy atom. The van der Waals surface area contributed by atoms with Gasteiger partial charge in [0.2, 0.25) is 12.7 Å². The number of benzene rings is 2. The molecule has 6 rings (SSSR count). The Labute approximate surface area is 238 Å². The molecule has 0 N–H and O–H groups in total. The van der Waals surface area contributed by atoms with Gasteiger partial charge in [-0.2, -0.15) is 0 Å². The lowest BCUT2D eigenvalue weighted by atomic mass is 10.1. The van der Waals surface area contributed by atoms with E-state index in [4.69, 9.17) is 18.9 Å². The van der Waals surface area contributed by atoms with Crippen LogP contribution in [0, 0.1) is 0 Å². The van der Waals surface area contributed by atoms with E-state index in [0.717, 1.165) is 35.7 Å². The van der Waals surface area contributed by atoms with Crippen LogP contribution < -0.4 is 19.1 Å². The molecule has 3 aromatic rings. The molecule has 0 spiro atoms. The van der Waals surface area contributed by atoms with Gasteiger partial charge < -0.3 is 33.6 Å². The maximum atomic E-state index is 13.5. The van der Waals surface area contributed by atoms with Crippen molar-refractivity contribution in [2.45, 2.75) is 18.9 Å². The first-order chi connectivity index (χ1) is 20.1. The maximum Gasteiger partial charge on any atom is 0.254 e. The van der Waals surface area contributed by atoms with E-state index in [9.17, 15) is 9.59 Å². The number of methoxy groups -OCH3 is 1. The molecule has 0 unspecified atom stereocenters. The van der Waals surface area contributed by atoms with Crippen molar-refractivity contribution in [3.05, 3.63) is 60.2 Å². The van der Waals surface area contributed by atoms with Crippen molar-refractivity contribution in [2.24, 2.45) is 0 Å². The molecule has 1 aromatic heterocycles. The molecular weight excluding hydrogens is 526 g/mol. The minimum atomic E-state index is -0.224. The van der Waals surface area contributed by atoms with Gasteiger partial charge in [-0.05, 0) is 67.4 Å². The second-order valence-electron chi connectivity index (χ2n) is 10.3. The number of carbonyl (C=O) groups excluding carboxylic acids is 2. The highest BCUT2D eigenvalue weighted by atomic mass is 16.7. The van der Waals surface area contributed by atoms with Crippen LogP contribution in [0.2, 0.25) is 0 Å². The molecule has 11 heteroatoms. The van der Waals surface area contributed by atoms with Crippen molar-refractivity contribution >= 4 is 17.6 Å². The zero-order chi connectivity index (χ0) is 28.2. The van der Waals surface area contributed by atoms with E-state index >= 15 is 0 Å². The standard InChI is InChI=1S/C30H33N5O6/c1-38-23-7-4-21(5-8-23)25-9-11-28(32-31-25)33-12-14-34(15-13-33)29(36)19-35(18-24-3-2-16-39-24)30(37)22-6-10-26-27(17-22)41-20-40-26/h4-11,17,24H,2-3,12-16,18-20H2,1H3/t24-/m1/s1. The highest BCUT2D eigenvalue weighted by Gasteiger charge is 2.29. The van der Waals surface area contributed by atoms with Crippen LogP contribution in [-0.2, 0) is 9.53 Å². The minimum absolute atomic E-state index is 0.0104.